The molecule has 0 fully saturated rings. The van der Waals surface area contributed by atoms with Crippen LogP contribution in [0.15, 0.2) is 84.0 Å². The van der Waals surface area contributed by atoms with E-state index in [-0.39, 0.29) is 75.0 Å². The van der Waals surface area contributed by atoms with Crippen molar-refractivity contribution in [3.05, 3.63) is 107 Å². The zero-order chi connectivity index (χ0) is 49.7. The molecule has 1 aliphatic rings. The van der Waals surface area contributed by atoms with Crippen molar-refractivity contribution in [3.8, 4) is 0 Å². The average molecular weight is 984 g/mol. The normalized spacial score (nSPS) is 21.5. The number of aliphatic imine (C=N–C) groups is 1. The maximum absolute atomic E-state index is 14.5. The zero-order valence-corrected chi connectivity index (χ0v) is 40.7. The number of hydrogen-bond donors (Lipinski definition) is 10. The van der Waals surface area contributed by atoms with Gasteiger partial charge in [-0.3, -0.25) is 33.8 Å². The molecule has 1 aromatic heterocycles. The number of aromatic amines is 1. The van der Waals surface area contributed by atoms with Crippen LogP contribution < -0.4 is 49.1 Å². The maximum atomic E-state index is 14.5. The van der Waals surface area contributed by atoms with Crippen molar-refractivity contribution >= 4 is 80.2 Å². The topological polar surface area (TPSA) is 298 Å². The van der Waals surface area contributed by atoms with Crippen LogP contribution in [0.3, 0.4) is 0 Å². The zero-order valence-electron chi connectivity index (χ0n) is 39.1. The molecule has 0 aliphatic carbocycles. The molecule has 6 atom stereocenters. The van der Waals surface area contributed by atoms with Crippen molar-refractivity contribution in [2.24, 2.45) is 22.2 Å². The number of unbranched alkanes of at least 4 members (excludes halogenated alkanes) is 1. The van der Waals surface area contributed by atoms with Gasteiger partial charge in [0.1, 0.15) is 30.5 Å². The van der Waals surface area contributed by atoms with Crippen molar-refractivity contribution < 1.29 is 33.6 Å². The van der Waals surface area contributed by atoms with E-state index in [2.05, 4.69) is 41.9 Å². The van der Waals surface area contributed by atoms with E-state index in [1.165, 1.54) is 21.6 Å². The summed E-state index contributed by atoms with van der Waals surface area (Å²) < 4.78 is 0. The first kappa shape index (κ1) is 53.6. The molecule has 0 saturated heterocycles. The molecule has 6 amide bonds. The number of benzene rings is 3. The smallest absolute Gasteiger partial charge is 0.243 e. The van der Waals surface area contributed by atoms with Gasteiger partial charge in [-0.2, -0.15) is 0 Å². The monoisotopic (exact) mass is 983 g/mol. The Morgan fingerprint density at radius 3 is 2.23 bits per heavy atom. The van der Waals surface area contributed by atoms with Gasteiger partial charge in [0.05, 0.1) is 12.1 Å². The van der Waals surface area contributed by atoms with Crippen LogP contribution in [-0.2, 0) is 59.4 Å². The molecular formula is C49H65N11O7S2. The molecule has 5 rings (SSSR count). The summed E-state index contributed by atoms with van der Waals surface area (Å²) in [5, 5.41) is 18.5. The van der Waals surface area contributed by atoms with Crippen molar-refractivity contribution in [1.29, 1.82) is 0 Å². The Balaban J connectivity index is 1.52. The number of H-pyrrole nitrogens is 1. The summed E-state index contributed by atoms with van der Waals surface area (Å²) in [4.78, 5) is 103. The number of aromatic nitrogens is 1. The second kappa shape index (κ2) is 27.6. The number of primary amides is 1. The van der Waals surface area contributed by atoms with Crippen LogP contribution in [0.25, 0.3) is 10.9 Å². The highest BCUT2D eigenvalue weighted by Gasteiger charge is 2.32. The lowest BCUT2D eigenvalue weighted by molar-refractivity contribution is -0.134. The summed E-state index contributed by atoms with van der Waals surface area (Å²) in [7, 11) is 2.52. The second-order valence-corrected chi connectivity index (χ2v) is 19.6. The number of hydrogen-bond acceptors (Lipinski definition) is 11. The minimum atomic E-state index is -1.27. The fourth-order valence-electron chi connectivity index (χ4n) is 7.97. The molecule has 2 heterocycles. The van der Waals surface area contributed by atoms with Gasteiger partial charge in [0.2, 0.25) is 35.4 Å². The van der Waals surface area contributed by atoms with Gasteiger partial charge in [0, 0.05) is 67.4 Å². The van der Waals surface area contributed by atoms with Crippen LogP contribution in [0, 0.1) is 6.92 Å². The SMILES string of the molecule is CCCCC(=O)N[C@H]1CSSC[C@@H](C(N)=O)NC(=O)[C@H](Cc2c[nH]c3ccccc23)NC(=O)[C@H](CCCN=C(N)N)NC(=O)[C@@H](Cc2ccccc2)NC(=O)CCc2c(C)cccc2CNC1C=O. The Kier molecular flexibility index (Phi) is 21.4. The summed E-state index contributed by atoms with van der Waals surface area (Å²) in [6, 6.07) is 16.0. The fraction of sp³-hybridized carbons (Fsp3) is 0.429. The van der Waals surface area contributed by atoms with Gasteiger partial charge in [-0.1, -0.05) is 102 Å². The van der Waals surface area contributed by atoms with Crippen LogP contribution in [0.1, 0.15) is 73.3 Å². The van der Waals surface area contributed by atoms with Gasteiger partial charge in [-0.05, 0) is 66.5 Å². The predicted octanol–water partition coefficient (Wildman–Crippen LogP) is 2.10. The van der Waals surface area contributed by atoms with Crippen LogP contribution in [-0.4, -0.2) is 107 Å². The van der Waals surface area contributed by atoms with E-state index >= 15 is 0 Å². The number of nitrogens with one attached hydrogen (secondary N) is 7. The molecule has 13 N–H and O–H groups in total. The van der Waals surface area contributed by atoms with E-state index in [1.807, 2.05) is 86.6 Å². The summed E-state index contributed by atoms with van der Waals surface area (Å²) in [5.74, 6) is -3.38. The number of rotatable bonds is 14. The first-order chi connectivity index (χ1) is 33.3. The number of amides is 6. The molecular weight excluding hydrogens is 919 g/mol. The lowest BCUT2D eigenvalue weighted by Gasteiger charge is -2.27. The van der Waals surface area contributed by atoms with Crippen molar-refractivity contribution in [2.45, 2.75) is 114 Å². The summed E-state index contributed by atoms with van der Waals surface area (Å²) >= 11 is 0. The van der Waals surface area contributed by atoms with Crippen LogP contribution in [0.5, 0.6) is 0 Å². The van der Waals surface area contributed by atoms with E-state index in [0.717, 1.165) is 45.9 Å². The molecule has 3 aromatic carbocycles. The Morgan fingerprint density at radius 2 is 1.49 bits per heavy atom. The first-order valence-electron chi connectivity index (χ1n) is 23.2. The van der Waals surface area contributed by atoms with Crippen molar-refractivity contribution in [3.63, 3.8) is 0 Å². The third-order valence-corrected chi connectivity index (χ3v) is 14.2. The maximum Gasteiger partial charge on any atom is 0.243 e. The van der Waals surface area contributed by atoms with E-state index in [0.29, 0.717) is 18.4 Å². The Hall–Kier alpha value is -6.38. The lowest BCUT2D eigenvalue weighted by atomic mass is 9.96. The first-order valence-corrected chi connectivity index (χ1v) is 25.7. The van der Waals surface area contributed by atoms with Gasteiger partial charge in [0.15, 0.2) is 5.96 Å². The number of aryl methyl sites for hydroxylation is 1. The van der Waals surface area contributed by atoms with Gasteiger partial charge in [0.25, 0.3) is 0 Å². The largest absolute Gasteiger partial charge is 0.370 e. The summed E-state index contributed by atoms with van der Waals surface area (Å²) in [5.41, 5.74) is 21.9. The predicted molar refractivity (Wildman–Crippen MR) is 272 cm³/mol. The highest BCUT2D eigenvalue weighted by Crippen LogP contribution is 2.25. The van der Waals surface area contributed by atoms with Crippen molar-refractivity contribution in [2.75, 3.05) is 18.1 Å². The number of carbonyl (C=O) groups excluding carboxylic acids is 7. The van der Waals surface area contributed by atoms with Crippen LogP contribution in [0.2, 0.25) is 0 Å². The molecule has 1 aliphatic heterocycles. The van der Waals surface area contributed by atoms with Crippen LogP contribution in [0.4, 0.5) is 0 Å². The Morgan fingerprint density at radius 1 is 0.797 bits per heavy atom. The minimum Gasteiger partial charge on any atom is -0.370 e. The number of para-hydroxylation sites is 1. The number of carbonyl (C=O) groups is 7. The van der Waals surface area contributed by atoms with Gasteiger partial charge < -0.3 is 58.9 Å². The Bertz CT molecular complexity index is 2410. The summed E-state index contributed by atoms with van der Waals surface area (Å²) in [6.45, 7) is 4.29. The third-order valence-electron chi connectivity index (χ3n) is 11.8. The molecule has 18 nitrogen and oxygen atoms in total. The van der Waals surface area contributed by atoms with E-state index in [4.69, 9.17) is 17.2 Å². The van der Waals surface area contributed by atoms with E-state index in [1.54, 1.807) is 6.20 Å². The second-order valence-electron chi connectivity index (χ2n) is 17.0. The molecule has 370 valence electrons. The standard InChI is InChI=1S/C49H65N11O7S2/c1-3-4-19-43(62)57-41-28-68-69-29-42(45(50)64)60-48(67)39(24-33-26-54-36-17-9-8-16-35(33)36)59-46(65)37(18-11-22-53-49(51)52)58-47(66)38(23-31-13-6-5-7-14-31)56-44(63)21-20-34-30(2)12-10-15-32(34)25-55-40(41)27-61/h5-10,12-17,26-27,37-42,54-55H,3-4,11,18-25,28-29H2,1-2H3,(H2,50,64)(H,56,63)(H,57,62)(H,58,66)(H,59,65)(H,60,67)(H4,51,52,53)/t37-,38+,39-,40?,41-,42-/m0/s1. The fourth-order valence-corrected chi connectivity index (χ4v) is 10.4. The molecule has 0 bridgehead atoms. The molecule has 4 aromatic rings. The number of aldehydes is 1. The molecule has 69 heavy (non-hydrogen) atoms. The average Bonchev–Trinajstić information content (AvgIpc) is 3.74. The minimum absolute atomic E-state index is 0.0108. The number of nitrogens with zero attached hydrogens (tertiary/aromatic N) is 1. The molecule has 20 heteroatoms. The van der Waals surface area contributed by atoms with Gasteiger partial charge >= 0.3 is 0 Å². The van der Waals surface area contributed by atoms with Gasteiger partial charge in [-0.25, -0.2) is 0 Å². The van der Waals surface area contributed by atoms with Gasteiger partial charge in [-0.15, -0.1) is 0 Å². The lowest BCUT2D eigenvalue weighted by Crippen LogP contribution is -2.59. The molecule has 0 saturated carbocycles. The highest BCUT2D eigenvalue weighted by molar-refractivity contribution is 8.76. The van der Waals surface area contributed by atoms with E-state index < -0.39 is 65.8 Å². The third kappa shape index (κ3) is 17.0. The Labute approximate surface area is 410 Å². The number of nitrogens with two attached hydrogens (primary N) is 3. The number of fused-ring (bicyclic) bond motifs is 2. The quantitative estimate of drug-likeness (QED) is 0.0286. The summed E-state index contributed by atoms with van der Waals surface area (Å²) in [6.07, 6.45) is 4.95. The molecule has 0 spiro atoms. The number of guanidine groups is 1. The molecule has 0 radical (unpaired) electrons. The molecule has 1 unspecified atom stereocenters. The van der Waals surface area contributed by atoms with E-state index in [9.17, 15) is 33.6 Å². The van der Waals surface area contributed by atoms with Crippen LogP contribution >= 0.6 is 21.6 Å². The van der Waals surface area contributed by atoms with Crippen molar-refractivity contribution in [1.82, 2.24) is 36.9 Å². The highest BCUT2D eigenvalue weighted by atomic mass is 33.1.